The summed E-state index contributed by atoms with van der Waals surface area (Å²) in [5, 5.41) is 9.89. The lowest BCUT2D eigenvalue weighted by Crippen LogP contribution is -2.38. The fourth-order valence-electron chi connectivity index (χ4n) is 1.67. The Morgan fingerprint density at radius 3 is 2.65 bits per heavy atom. The van der Waals surface area contributed by atoms with Crippen molar-refractivity contribution in [3.8, 4) is 5.75 Å². The Labute approximate surface area is 107 Å². The van der Waals surface area contributed by atoms with Crippen LogP contribution in [0.1, 0.15) is 29.8 Å². The molecule has 3 nitrogen and oxygen atoms in total. The Kier molecular flexibility index (Phi) is 4.82. The summed E-state index contributed by atoms with van der Waals surface area (Å²) in [7, 11) is 0. The summed E-state index contributed by atoms with van der Waals surface area (Å²) in [6.07, 6.45) is 0. The molecule has 0 unspecified atom stereocenters. The van der Waals surface area contributed by atoms with Gasteiger partial charge < -0.3 is 10.0 Å². The molecule has 0 aliphatic heterocycles. The van der Waals surface area contributed by atoms with E-state index in [0.29, 0.717) is 23.6 Å². The number of phenols is 1. The van der Waals surface area contributed by atoms with Crippen LogP contribution in [0.4, 0.5) is 0 Å². The fraction of sp³-hybridized carbons (Fsp3) is 0.462. The van der Waals surface area contributed by atoms with Crippen molar-refractivity contribution in [2.45, 2.75) is 26.8 Å². The van der Waals surface area contributed by atoms with Crippen LogP contribution in [0.5, 0.6) is 5.75 Å². The van der Waals surface area contributed by atoms with Crippen LogP contribution in [0.2, 0.25) is 0 Å². The highest BCUT2D eigenvalue weighted by Gasteiger charge is 2.21. The first-order valence-corrected chi connectivity index (χ1v) is 6.18. The number of phenolic OH excluding ortho intramolecular Hbond substituents is 1. The maximum absolute atomic E-state index is 12.3. The van der Waals surface area contributed by atoms with Crippen LogP contribution in [-0.4, -0.2) is 34.4 Å². The molecule has 0 aromatic heterocycles. The highest BCUT2D eigenvalue weighted by atomic mass is 35.5. The van der Waals surface area contributed by atoms with E-state index >= 15 is 0 Å². The van der Waals surface area contributed by atoms with Crippen LogP contribution in [0.3, 0.4) is 0 Å². The standard InChI is InChI=1S/C13H18ClNO2/c1-9(2)15(8-7-14)13(17)11-6-4-5-10(3)12(11)16/h4-6,9,16H,7-8H2,1-3H3. The predicted molar refractivity (Wildman–Crippen MR) is 69.7 cm³/mol. The van der Waals surface area contributed by atoms with E-state index in [0.717, 1.165) is 0 Å². The lowest BCUT2D eigenvalue weighted by Gasteiger charge is -2.26. The minimum Gasteiger partial charge on any atom is -0.507 e. The van der Waals surface area contributed by atoms with Crippen molar-refractivity contribution in [3.05, 3.63) is 29.3 Å². The van der Waals surface area contributed by atoms with E-state index in [4.69, 9.17) is 11.6 Å². The van der Waals surface area contributed by atoms with Crippen molar-refractivity contribution in [1.82, 2.24) is 4.90 Å². The molecule has 1 amide bonds. The number of nitrogens with zero attached hydrogens (tertiary/aromatic N) is 1. The van der Waals surface area contributed by atoms with Crippen LogP contribution in [-0.2, 0) is 0 Å². The van der Waals surface area contributed by atoms with Gasteiger partial charge in [0.25, 0.3) is 5.91 Å². The van der Waals surface area contributed by atoms with Crippen LogP contribution in [0.15, 0.2) is 18.2 Å². The third kappa shape index (κ3) is 3.13. The Morgan fingerprint density at radius 1 is 1.47 bits per heavy atom. The summed E-state index contributed by atoms with van der Waals surface area (Å²) in [4.78, 5) is 13.9. The zero-order valence-corrected chi connectivity index (χ0v) is 11.2. The second kappa shape index (κ2) is 5.92. The summed E-state index contributed by atoms with van der Waals surface area (Å²) in [5.41, 5.74) is 1.04. The predicted octanol–water partition coefficient (Wildman–Crippen LogP) is 2.79. The number of rotatable bonds is 4. The van der Waals surface area contributed by atoms with Crippen LogP contribution < -0.4 is 0 Å². The van der Waals surface area contributed by atoms with Crippen molar-refractivity contribution in [2.24, 2.45) is 0 Å². The van der Waals surface area contributed by atoms with Gasteiger partial charge in [-0.25, -0.2) is 0 Å². The Morgan fingerprint density at radius 2 is 2.12 bits per heavy atom. The molecule has 0 heterocycles. The Bertz CT molecular complexity index is 404. The number of para-hydroxylation sites is 1. The minimum atomic E-state index is -0.179. The maximum Gasteiger partial charge on any atom is 0.257 e. The first-order chi connectivity index (χ1) is 7.99. The summed E-state index contributed by atoms with van der Waals surface area (Å²) in [6.45, 7) is 6.10. The monoisotopic (exact) mass is 255 g/mol. The van der Waals surface area contributed by atoms with Gasteiger partial charge in [0.2, 0.25) is 0 Å². The number of aryl methyl sites for hydroxylation is 1. The van der Waals surface area contributed by atoms with Gasteiger partial charge in [-0.2, -0.15) is 0 Å². The molecule has 0 atom stereocenters. The number of aromatic hydroxyl groups is 1. The quantitative estimate of drug-likeness (QED) is 0.841. The van der Waals surface area contributed by atoms with Crippen molar-refractivity contribution in [1.29, 1.82) is 0 Å². The topological polar surface area (TPSA) is 40.5 Å². The third-order valence-electron chi connectivity index (χ3n) is 2.68. The SMILES string of the molecule is Cc1cccc(C(=O)N(CCCl)C(C)C)c1O. The molecule has 4 heteroatoms. The second-order valence-electron chi connectivity index (χ2n) is 4.25. The van der Waals surface area contributed by atoms with Gasteiger partial charge in [0.15, 0.2) is 0 Å². The lowest BCUT2D eigenvalue weighted by molar-refractivity contribution is 0.0715. The molecule has 1 aromatic carbocycles. The van der Waals surface area contributed by atoms with E-state index in [-0.39, 0.29) is 17.7 Å². The van der Waals surface area contributed by atoms with Gasteiger partial charge in [0, 0.05) is 18.5 Å². The highest BCUT2D eigenvalue weighted by Crippen LogP contribution is 2.23. The average molecular weight is 256 g/mol. The van der Waals surface area contributed by atoms with E-state index in [2.05, 4.69) is 0 Å². The molecule has 94 valence electrons. The number of hydrogen-bond donors (Lipinski definition) is 1. The van der Waals surface area contributed by atoms with E-state index < -0.39 is 0 Å². The molecular formula is C13H18ClNO2. The van der Waals surface area contributed by atoms with Crippen LogP contribution in [0.25, 0.3) is 0 Å². The van der Waals surface area contributed by atoms with Crippen molar-refractivity contribution in [3.63, 3.8) is 0 Å². The molecule has 0 radical (unpaired) electrons. The van der Waals surface area contributed by atoms with Crippen molar-refractivity contribution in [2.75, 3.05) is 12.4 Å². The number of benzene rings is 1. The molecule has 0 fully saturated rings. The summed E-state index contributed by atoms with van der Waals surface area (Å²) in [6, 6.07) is 5.23. The molecule has 0 spiro atoms. The van der Waals surface area contributed by atoms with Gasteiger partial charge in [-0.05, 0) is 32.4 Å². The zero-order chi connectivity index (χ0) is 13.0. The molecule has 0 aliphatic carbocycles. The smallest absolute Gasteiger partial charge is 0.257 e. The number of alkyl halides is 1. The van der Waals surface area contributed by atoms with Crippen molar-refractivity contribution >= 4 is 17.5 Å². The molecule has 0 aliphatic rings. The molecule has 1 rings (SSSR count). The Balaban J connectivity index is 3.05. The molecular weight excluding hydrogens is 238 g/mol. The number of carbonyl (C=O) groups excluding carboxylic acids is 1. The molecule has 17 heavy (non-hydrogen) atoms. The zero-order valence-electron chi connectivity index (χ0n) is 10.4. The average Bonchev–Trinajstić information content (AvgIpc) is 2.28. The summed E-state index contributed by atoms with van der Waals surface area (Å²) >= 11 is 5.69. The van der Waals surface area contributed by atoms with Gasteiger partial charge in [0.05, 0.1) is 5.56 Å². The molecule has 0 saturated carbocycles. The summed E-state index contributed by atoms with van der Waals surface area (Å²) < 4.78 is 0. The number of carbonyl (C=O) groups is 1. The van der Waals surface area contributed by atoms with Crippen LogP contribution in [0, 0.1) is 6.92 Å². The fourth-order valence-corrected chi connectivity index (χ4v) is 1.85. The van der Waals surface area contributed by atoms with Gasteiger partial charge in [-0.1, -0.05) is 12.1 Å². The lowest BCUT2D eigenvalue weighted by atomic mass is 10.1. The van der Waals surface area contributed by atoms with E-state index in [1.54, 1.807) is 30.0 Å². The number of amides is 1. The van der Waals surface area contributed by atoms with Crippen molar-refractivity contribution < 1.29 is 9.90 Å². The second-order valence-corrected chi connectivity index (χ2v) is 4.63. The maximum atomic E-state index is 12.3. The Hall–Kier alpha value is -1.22. The number of hydrogen-bond acceptors (Lipinski definition) is 2. The highest BCUT2D eigenvalue weighted by molar-refractivity contribution is 6.18. The first kappa shape index (κ1) is 13.8. The summed E-state index contributed by atoms with van der Waals surface area (Å²) in [5.74, 6) is 0.260. The largest absolute Gasteiger partial charge is 0.507 e. The molecule has 0 bridgehead atoms. The first-order valence-electron chi connectivity index (χ1n) is 5.64. The van der Waals surface area contributed by atoms with Crippen LogP contribution >= 0.6 is 11.6 Å². The third-order valence-corrected chi connectivity index (χ3v) is 2.85. The number of halogens is 1. The van der Waals surface area contributed by atoms with E-state index in [1.807, 2.05) is 13.8 Å². The minimum absolute atomic E-state index is 0.0534. The van der Waals surface area contributed by atoms with Gasteiger partial charge in [-0.15, -0.1) is 11.6 Å². The molecule has 1 N–H and O–H groups in total. The van der Waals surface area contributed by atoms with E-state index in [1.165, 1.54) is 0 Å². The van der Waals surface area contributed by atoms with E-state index in [9.17, 15) is 9.90 Å². The molecule has 0 saturated heterocycles. The van der Waals surface area contributed by atoms with Gasteiger partial charge in [-0.3, -0.25) is 4.79 Å². The normalized spacial score (nSPS) is 10.6. The van der Waals surface area contributed by atoms with Gasteiger partial charge in [0.1, 0.15) is 5.75 Å². The van der Waals surface area contributed by atoms with Gasteiger partial charge >= 0.3 is 0 Å². The molecule has 1 aromatic rings.